The molecule has 1 atom stereocenters. The van der Waals surface area contributed by atoms with E-state index in [4.69, 9.17) is 23.7 Å². The molecular weight excluding hydrogens is 466 g/mol. The highest BCUT2D eigenvalue weighted by Crippen LogP contribution is 2.38. The van der Waals surface area contributed by atoms with Crippen LogP contribution in [0.5, 0.6) is 11.5 Å². The average molecular weight is 502 g/mol. The lowest BCUT2D eigenvalue weighted by Crippen LogP contribution is -2.36. The van der Waals surface area contributed by atoms with Gasteiger partial charge < -0.3 is 33.5 Å². The first-order chi connectivity index (χ1) is 17.1. The van der Waals surface area contributed by atoms with Crippen molar-refractivity contribution >= 4 is 24.5 Å². The second kappa shape index (κ2) is 11.4. The smallest absolute Gasteiger partial charge is 0.410 e. The van der Waals surface area contributed by atoms with E-state index >= 15 is 0 Å². The Morgan fingerprint density at radius 1 is 1.19 bits per heavy atom. The Balaban J connectivity index is 1.80. The third-order valence-corrected chi connectivity index (χ3v) is 5.64. The molecule has 1 amide bonds. The third kappa shape index (κ3) is 6.50. The lowest BCUT2D eigenvalue weighted by atomic mass is 10.1. The lowest BCUT2D eigenvalue weighted by Gasteiger charge is -2.32. The molecule has 10 nitrogen and oxygen atoms in total. The molecule has 2 heterocycles. The molecular formula is C26H35N3O7. The maximum Gasteiger partial charge on any atom is 0.410 e. The van der Waals surface area contributed by atoms with Crippen LogP contribution in [0.4, 0.5) is 10.5 Å². The Morgan fingerprint density at radius 2 is 1.94 bits per heavy atom. The van der Waals surface area contributed by atoms with Crippen LogP contribution in [0.2, 0.25) is 0 Å². The molecule has 0 spiro atoms. The summed E-state index contributed by atoms with van der Waals surface area (Å²) in [5, 5.41) is 0. The zero-order valence-electron chi connectivity index (χ0n) is 21.8. The number of ether oxygens (including phenoxy) is 5. The second-order valence-corrected chi connectivity index (χ2v) is 9.44. The zero-order valence-corrected chi connectivity index (χ0v) is 21.8. The maximum absolute atomic E-state index is 12.4. The molecule has 0 saturated carbocycles. The van der Waals surface area contributed by atoms with Gasteiger partial charge in [-0.15, -0.1) is 0 Å². The van der Waals surface area contributed by atoms with Crippen molar-refractivity contribution in [2.75, 3.05) is 45.4 Å². The largest absolute Gasteiger partial charge is 0.490 e. The first-order valence-corrected chi connectivity index (χ1v) is 11.8. The van der Waals surface area contributed by atoms with Gasteiger partial charge in [0.15, 0.2) is 0 Å². The van der Waals surface area contributed by atoms with Crippen molar-refractivity contribution in [1.82, 2.24) is 4.90 Å². The number of amides is 1. The highest BCUT2D eigenvalue weighted by molar-refractivity contribution is 5.92. The maximum atomic E-state index is 12.4. The fraction of sp³-hybridized carbons (Fsp3) is 0.500. The first-order valence-electron chi connectivity index (χ1n) is 11.8. The number of esters is 1. The Kier molecular flexibility index (Phi) is 8.49. The second-order valence-electron chi connectivity index (χ2n) is 9.44. The number of benzene rings is 1. The molecule has 0 radical (unpaired) electrons. The number of fused-ring (bicyclic) bond motifs is 1. The molecule has 0 aromatic heterocycles. The molecule has 36 heavy (non-hydrogen) atoms. The van der Waals surface area contributed by atoms with Crippen LogP contribution in [0.25, 0.3) is 0 Å². The first kappa shape index (κ1) is 26.9. The molecule has 10 heteroatoms. The van der Waals surface area contributed by atoms with Crippen LogP contribution in [0.3, 0.4) is 0 Å². The van der Waals surface area contributed by atoms with E-state index in [2.05, 4.69) is 11.7 Å². The number of nitrogens with zero attached hydrogens (tertiary/aromatic N) is 3. The predicted octanol–water partition coefficient (Wildman–Crippen LogP) is 3.91. The van der Waals surface area contributed by atoms with Crippen molar-refractivity contribution in [2.24, 2.45) is 4.99 Å². The topological polar surface area (TPSA) is 99.1 Å². The predicted molar refractivity (Wildman–Crippen MR) is 135 cm³/mol. The average Bonchev–Trinajstić information content (AvgIpc) is 3.30. The van der Waals surface area contributed by atoms with Crippen molar-refractivity contribution < 1.29 is 33.3 Å². The van der Waals surface area contributed by atoms with Crippen LogP contribution in [0.1, 0.15) is 34.1 Å². The Labute approximate surface area is 212 Å². The molecule has 2 aliphatic heterocycles. The third-order valence-electron chi connectivity index (χ3n) is 5.64. The highest BCUT2D eigenvalue weighted by Gasteiger charge is 2.31. The van der Waals surface area contributed by atoms with E-state index in [1.165, 1.54) is 14.2 Å². The van der Waals surface area contributed by atoms with E-state index in [1.807, 2.05) is 50.8 Å². The number of aliphatic imine (C=N–C) groups is 1. The molecule has 1 fully saturated rings. The number of hydrogen-bond acceptors (Lipinski definition) is 9. The van der Waals surface area contributed by atoms with Crippen LogP contribution in [-0.2, 0) is 19.0 Å². The molecule has 0 N–H and O–H groups in total. The number of carbonyl (C=O) groups is 2. The number of rotatable bonds is 7. The SMILES string of the molecule is C=N/C(OC)=C(\C=C(/C)N1CCOc2ccc(O[C@H]3CCN(C(=O)OC(C)(C)C)C3)cc21)C(=O)OC. The molecule has 196 valence electrons. The standard InChI is InChI=1S/C26H35N3O7/c1-17(14-20(24(30)33-7)23(27-5)32-6)29-12-13-34-22-9-8-18(15-21(22)29)35-19-10-11-28(16-19)25(31)36-26(2,3)4/h8-9,14-15,19H,5,10-13,16H2,1-4,6-7H3/b17-14+,23-20-/t19-/m0/s1. The monoisotopic (exact) mass is 501 g/mol. The summed E-state index contributed by atoms with van der Waals surface area (Å²) in [6.07, 6.45) is 1.87. The van der Waals surface area contributed by atoms with Crippen molar-refractivity contribution in [3.63, 3.8) is 0 Å². The summed E-state index contributed by atoms with van der Waals surface area (Å²) in [4.78, 5) is 32.2. The van der Waals surface area contributed by atoms with Gasteiger partial charge >= 0.3 is 12.1 Å². The number of methoxy groups -OCH3 is 2. The fourth-order valence-corrected chi connectivity index (χ4v) is 4.01. The molecule has 0 unspecified atom stereocenters. The van der Waals surface area contributed by atoms with Crippen molar-refractivity contribution in [3.05, 3.63) is 41.4 Å². The van der Waals surface area contributed by atoms with Crippen molar-refractivity contribution in [2.45, 2.75) is 45.8 Å². The minimum atomic E-state index is -0.583. The van der Waals surface area contributed by atoms with Crippen LogP contribution in [0.15, 0.2) is 46.4 Å². The Bertz CT molecular complexity index is 1060. The summed E-state index contributed by atoms with van der Waals surface area (Å²) in [5.41, 5.74) is 1.16. The van der Waals surface area contributed by atoms with Gasteiger partial charge in [-0.25, -0.2) is 14.6 Å². The minimum Gasteiger partial charge on any atom is -0.490 e. The molecule has 1 saturated heterocycles. The van der Waals surface area contributed by atoms with Gasteiger partial charge in [0.25, 0.3) is 0 Å². The number of hydrogen-bond donors (Lipinski definition) is 0. The molecule has 0 bridgehead atoms. The van der Waals surface area contributed by atoms with Crippen LogP contribution >= 0.6 is 0 Å². The van der Waals surface area contributed by atoms with Gasteiger partial charge in [0.1, 0.15) is 35.4 Å². The van der Waals surface area contributed by atoms with E-state index in [0.29, 0.717) is 44.2 Å². The summed E-state index contributed by atoms with van der Waals surface area (Å²) in [5.74, 6) is 0.838. The molecule has 2 aliphatic rings. The minimum absolute atomic E-state index is 0.0718. The van der Waals surface area contributed by atoms with Gasteiger partial charge in [0, 0.05) is 24.7 Å². The van der Waals surface area contributed by atoms with Gasteiger partial charge in [-0.1, -0.05) is 0 Å². The van der Waals surface area contributed by atoms with Gasteiger partial charge in [0.05, 0.1) is 33.0 Å². The summed E-state index contributed by atoms with van der Waals surface area (Å²) in [6.45, 7) is 12.9. The van der Waals surface area contributed by atoms with E-state index in [1.54, 1.807) is 11.0 Å². The van der Waals surface area contributed by atoms with Gasteiger partial charge in [-0.3, -0.25) is 0 Å². The van der Waals surface area contributed by atoms with Crippen LogP contribution < -0.4 is 14.4 Å². The molecule has 1 aromatic rings. The summed E-state index contributed by atoms with van der Waals surface area (Å²) < 4.78 is 27.6. The number of likely N-dealkylation sites (tertiary alicyclic amines) is 1. The van der Waals surface area contributed by atoms with E-state index in [0.717, 1.165) is 11.4 Å². The highest BCUT2D eigenvalue weighted by atomic mass is 16.6. The number of allylic oxidation sites excluding steroid dienone is 1. The molecule has 1 aromatic carbocycles. The summed E-state index contributed by atoms with van der Waals surface area (Å²) in [6, 6.07) is 5.60. The molecule has 3 rings (SSSR count). The zero-order chi connectivity index (χ0) is 26.5. The van der Waals surface area contributed by atoms with E-state index in [9.17, 15) is 9.59 Å². The van der Waals surface area contributed by atoms with E-state index < -0.39 is 11.6 Å². The van der Waals surface area contributed by atoms with Crippen molar-refractivity contribution in [3.8, 4) is 11.5 Å². The van der Waals surface area contributed by atoms with Gasteiger partial charge in [-0.2, -0.15) is 0 Å². The van der Waals surface area contributed by atoms with Gasteiger partial charge in [0.2, 0.25) is 5.88 Å². The van der Waals surface area contributed by atoms with Crippen molar-refractivity contribution in [1.29, 1.82) is 0 Å². The number of carbonyl (C=O) groups excluding carboxylic acids is 2. The fourth-order valence-electron chi connectivity index (χ4n) is 4.01. The van der Waals surface area contributed by atoms with Gasteiger partial charge in [-0.05, 0) is 52.6 Å². The molecule has 0 aliphatic carbocycles. The quantitative estimate of drug-likeness (QED) is 0.182. The normalized spacial score (nSPS) is 18.5. The Hall–Kier alpha value is -3.69. The van der Waals surface area contributed by atoms with Crippen LogP contribution in [0, 0.1) is 0 Å². The Morgan fingerprint density at radius 3 is 2.58 bits per heavy atom. The number of anilines is 1. The van der Waals surface area contributed by atoms with Crippen LogP contribution in [-0.4, -0.2) is 75.8 Å². The lowest BCUT2D eigenvalue weighted by molar-refractivity contribution is -0.136. The summed E-state index contributed by atoms with van der Waals surface area (Å²) >= 11 is 0. The van der Waals surface area contributed by atoms with E-state index in [-0.39, 0.29) is 23.7 Å². The summed E-state index contributed by atoms with van der Waals surface area (Å²) in [7, 11) is 2.71.